The van der Waals surface area contributed by atoms with Crippen LogP contribution in [0.25, 0.3) is 0 Å². The Morgan fingerprint density at radius 2 is 2.20 bits per heavy atom. The van der Waals surface area contributed by atoms with Crippen LogP contribution in [0, 0.1) is 12.8 Å². The van der Waals surface area contributed by atoms with E-state index in [-0.39, 0.29) is 16.7 Å². The van der Waals surface area contributed by atoms with Gasteiger partial charge in [-0.1, -0.05) is 19.0 Å². The van der Waals surface area contributed by atoms with E-state index < -0.39 is 0 Å². The van der Waals surface area contributed by atoms with Gasteiger partial charge in [-0.2, -0.15) is 0 Å². The topological polar surface area (TPSA) is 81.2 Å². The first kappa shape index (κ1) is 17.0. The first-order valence-corrected chi connectivity index (χ1v) is 7.27. The predicted octanol–water partition coefficient (Wildman–Crippen LogP) is 2.45. The quantitative estimate of drug-likeness (QED) is 0.810. The lowest BCUT2D eigenvalue weighted by Crippen LogP contribution is -2.52. The van der Waals surface area contributed by atoms with Crippen LogP contribution in [0.1, 0.15) is 44.9 Å². The zero-order chi connectivity index (χ0) is 15.3. The molecule has 0 fully saturated rings. The summed E-state index contributed by atoms with van der Waals surface area (Å²) in [6, 6.07) is 0. The highest BCUT2D eigenvalue weighted by atomic mass is 35.5. The van der Waals surface area contributed by atoms with Gasteiger partial charge in [0.2, 0.25) is 11.1 Å². The molecule has 1 aromatic heterocycles. The van der Waals surface area contributed by atoms with Gasteiger partial charge in [-0.3, -0.25) is 4.79 Å². The molecule has 0 saturated heterocycles. The lowest BCUT2D eigenvalue weighted by Gasteiger charge is -2.31. The number of amides is 1. The van der Waals surface area contributed by atoms with E-state index in [0.717, 1.165) is 17.7 Å². The number of halogens is 1. The van der Waals surface area contributed by atoms with Gasteiger partial charge in [0, 0.05) is 24.1 Å². The molecule has 0 aromatic carbocycles. The molecule has 0 spiro atoms. The van der Waals surface area contributed by atoms with E-state index in [0.29, 0.717) is 25.3 Å². The van der Waals surface area contributed by atoms with Gasteiger partial charge in [-0.15, -0.1) is 0 Å². The highest BCUT2D eigenvalue weighted by molar-refractivity contribution is 6.29. The van der Waals surface area contributed by atoms with E-state index in [1.54, 1.807) is 0 Å². The van der Waals surface area contributed by atoms with Crippen LogP contribution >= 0.6 is 11.6 Å². The molecule has 3 N–H and O–H groups in total. The van der Waals surface area contributed by atoms with Crippen LogP contribution < -0.4 is 11.1 Å². The maximum absolute atomic E-state index is 12.1. The summed E-state index contributed by atoms with van der Waals surface area (Å²) in [6.45, 7) is 8.43. The van der Waals surface area contributed by atoms with Gasteiger partial charge in [0.25, 0.3) is 0 Å². The Hall–Kier alpha value is -1.07. The fourth-order valence-corrected chi connectivity index (χ4v) is 2.63. The fourth-order valence-electron chi connectivity index (χ4n) is 2.36. The molecule has 0 aliphatic carbocycles. The van der Waals surface area contributed by atoms with E-state index in [1.807, 2.05) is 13.8 Å². The number of hydrogen-bond acceptors (Lipinski definition) is 4. The number of carbonyl (C=O) groups is 1. The van der Waals surface area contributed by atoms with Crippen molar-refractivity contribution in [3.05, 3.63) is 16.5 Å². The van der Waals surface area contributed by atoms with Gasteiger partial charge < -0.3 is 15.6 Å². The Labute approximate surface area is 125 Å². The highest BCUT2D eigenvalue weighted by Gasteiger charge is 2.26. The average Bonchev–Trinajstić information content (AvgIpc) is 2.65. The zero-order valence-electron chi connectivity index (χ0n) is 12.6. The van der Waals surface area contributed by atoms with Gasteiger partial charge in [-0.05, 0) is 44.2 Å². The minimum Gasteiger partial charge on any atom is -0.350 e. The first-order chi connectivity index (χ1) is 9.27. The van der Waals surface area contributed by atoms with E-state index in [9.17, 15) is 4.79 Å². The van der Waals surface area contributed by atoms with Crippen molar-refractivity contribution in [2.75, 3.05) is 6.54 Å². The molecule has 5 nitrogen and oxygen atoms in total. The second-order valence-electron chi connectivity index (χ2n) is 5.93. The molecule has 1 aromatic rings. The average molecular weight is 302 g/mol. The molecule has 0 aliphatic rings. The molecule has 0 aliphatic heterocycles. The van der Waals surface area contributed by atoms with Crippen molar-refractivity contribution in [2.24, 2.45) is 11.7 Å². The highest BCUT2D eigenvalue weighted by Crippen LogP contribution is 2.21. The molecule has 0 bridgehead atoms. The molecule has 1 heterocycles. The Kier molecular flexibility index (Phi) is 6.02. The summed E-state index contributed by atoms with van der Waals surface area (Å²) in [5.41, 5.74) is 6.94. The lowest BCUT2D eigenvalue weighted by atomic mass is 9.90. The molecule has 1 atom stereocenters. The number of aryl methyl sites for hydroxylation is 1. The minimum absolute atomic E-state index is 0.0322. The van der Waals surface area contributed by atoms with Crippen molar-refractivity contribution < 1.29 is 9.32 Å². The number of nitrogens with two attached hydrogens (primary N) is 1. The van der Waals surface area contributed by atoms with E-state index >= 15 is 0 Å². The summed E-state index contributed by atoms with van der Waals surface area (Å²) in [7, 11) is 0. The van der Waals surface area contributed by atoms with Crippen molar-refractivity contribution >= 4 is 17.5 Å². The van der Waals surface area contributed by atoms with Crippen molar-refractivity contribution in [1.29, 1.82) is 0 Å². The maximum atomic E-state index is 12.1. The monoisotopic (exact) mass is 301 g/mol. The lowest BCUT2D eigenvalue weighted by molar-refractivity contribution is -0.122. The summed E-state index contributed by atoms with van der Waals surface area (Å²) in [5.74, 6) is 0.439. The minimum atomic E-state index is -0.362. The molecular weight excluding hydrogens is 278 g/mol. The first-order valence-electron chi connectivity index (χ1n) is 6.89. The molecule has 114 valence electrons. The van der Waals surface area contributed by atoms with E-state index in [2.05, 4.69) is 24.3 Å². The third-order valence-electron chi connectivity index (χ3n) is 3.29. The van der Waals surface area contributed by atoms with Crippen molar-refractivity contribution in [3.63, 3.8) is 0 Å². The normalized spacial score (nSPS) is 14.3. The third kappa shape index (κ3) is 4.80. The van der Waals surface area contributed by atoms with Crippen LogP contribution in [-0.4, -0.2) is 23.1 Å². The summed E-state index contributed by atoms with van der Waals surface area (Å²) in [5, 5.41) is 7.05. The van der Waals surface area contributed by atoms with Gasteiger partial charge in [0.1, 0.15) is 0 Å². The number of aromatic nitrogens is 1. The van der Waals surface area contributed by atoms with Crippen molar-refractivity contribution in [3.8, 4) is 0 Å². The Bertz CT molecular complexity index is 440. The third-order valence-corrected chi connectivity index (χ3v) is 3.59. The van der Waals surface area contributed by atoms with E-state index in [4.69, 9.17) is 21.9 Å². The summed E-state index contributed by atoms with van der Waals surface area (Å²) >= 11 is 5.88. The Morgan fingerprint density at radius 1 is 1.55 bits per heavy atom. The number of nitrogens with zero attached hydrogens (tertiary/aromatic N) is 1. The van der Waals surface area contributed by atoms with Crippen LogP contribution in [0.4, 0.5) is 0 Å². The standard InChI is InChI=1S/C14H24ClN3O2/c1-9(2)7-14(4,8-16)17-12(19)6-5-11-10(3)18-20-13(11)15/h9H,5-8,16H2,1-4H3,(H,17,19). The number of hydrogen-bond donors (Lipinski definition) is 2. The molecular formula is C14H24ClN3O2. The van der Waals surface area contributed by atoms with Crippen LogP contribution in [0.5, 0.6) is 0 Å². The molecule has 1 rings (SSSR count). The number of carbonyl (C=O) groups excluding carboxylic acids is 1. The molecule has 6 heteroatoms. The van der Waals surface area contributed by atoms with Gasteiger partial charge in [-0.25, -0.2) is 0 Å². The van der Waals surface area contributed by atoms with Crippen LogP contribution in [0.2, 0.25) is 5.22 Å². The number of nitrogens with one attached hydrogen (secondary N) is 1. The molecule has 0 saturated carbocycles. The Balaban J connectivity index is 2.55. The van der Waals surface area contributed by atoms with Crippen LogP contribution in [0.3, 0.4) is 0 Å². The van der Waals surface area contributed by atoms with Crippen LogP contribution in [-0.2, 0) is 11.2 Å². The van der Waals surface area contributed by atoms with Crippen molar-refractivity contribution in [1.82, 2.24) is 10.5 Å². The summed E-state index contributed by atoms with van der Waals surface area (Å²) < 4.78 is 4.87. The number of rotatable bonds is 7. The molecule has 1 unspecified atom stereocenters. The van der Waals surface area contributed by atoms with Gasteiger partial charge in [0.15, 0.2) is 0 Å². The smallest absolute Gasteiger partial charge is 0.229 e. The molecule has 1 amide bonds. The maximum Gasteiger partial charge on any atom is 0.229 e. The fraction of sp³-hybridized carbons (Fsp3) is 0.714. The SMILES string of the molecule is Cc1noc(Cl)c1CCC(=O)NC(C)(CN)CC(C)C. The largest absolute Gasteiger partial charge is 0.350 e. The van der Waals surface area contributed by atoms with Gasteiger partial charge in [0.05, 0.1) is 5.69 Å². The van der Waals surface area contributed by atoms with E-state index in [1.165, 1.54) is 0 Å². The zero-order valence-corrected chi connectivity index (χ0v) is 13.4. The van der Waals surface area contributed by atoms with Crippen LogP contribution in [0.15, 0.2) is 4.52 Å². The molecule has 20 heavy (non-hydrogen) atoms. The van der Waals surface area contributed by atoms with Gasteiger partial charge >= 0.3 is 0 Å². The predicted molar refractivity (Wildman–Crippen MR) is 79.6 cm³/mol. The summed E-state index contributed by atoms with van der Waals surface area (Å²) in [4.78, 5) is 12.1. The second kappa shape index (κ2) is 7.09. The summed E-state index contributed by atoms with van der Waals surface area (Å²) in [6.07, 6.45) is 1.71. The molecule has 0 radical (unpaired) electrons. The van der Waals surface area contributed by atoms with Crippen molar-refractivity contribution in [2.45, 2.75) is 52.5 Å². The Morgan fingerprint density at radius 3 is 2.65 bits per heavy atom. The second-order valence-corrected chi connectivity index (χ2v) is 6.27.